The fourth-order valence-corrected chi connectivity index (χ4v) is 3.44. The van der Waals surface area contributed by atoms with Crippen LogP contribution in [0, 0.1) is 16.7 Å². The van der Waals surface area contributed by atoms with Crippen LogP contribution < -0.4 is 5.32 Å². The number of likely N-dealkylation sites (tertiary alicyclic amines) is 1. The average molecular weight is 236 g/mol. The molecule has 98 valence electrons. The molecule has 1 N–H and O–H groups in total. The third-order valence-corrected chi connectivity index (χ3v) is 4.66. The highest BCUT2D eigenvalue weighted by Gasteiger charge is 2.54. The highest BCUT2D eigenvalue weighted by atomic mass is 15.2. The van der Waals surface area contributed by atoms with Crippen molar-refractivity contribution >= 4 is 0 Å². The van der Waals surface area contributed by atoms with Gasteiger partial charge in [-0.3, -0.25) is 0 Å². The molecule has 0 amide bonds. The highest BCUT2D eigenvalue weighted by molar-refractivity contribution is 5.10. The van der Waals surface area contributed by atoms with E-state index in [1.165, 1.54) is 51.9 Å². The molecule has 0 bridgehead atoms. The molecule has 0 aromatic rings. The van der Waals surface area contributed by atoms with Gasteiger partial charge in [-0.25, -0.2) is 0 Å². The zero-order chi connectivity index (χ0) is 12.1. The van der Waals surface area contributed by atoms with E-state index >= 15 is 0 Å². The summed E-state index contributed by atoms with van der Waals surface area (Å²) < 4.78 is 0. The van der Waals surface area contributed by atoms with Gasteiger partial charge in [-0.15, -0.1) is 0 Å². The first-order valence-electron chi connectivity index (χ1n) is 7.43. The molecule has 2 heteroatoms. The zero-order valence-electron chi connectivity index (χ0n) is 11.8. The molecule has 3 rings (SSSR count). The van der Waals surface area contributed by atoms with E-state index in [9.17, 15) is 0 Å². The van der Waals surface area contributed by atoms with Crippen molar-refractivity contribution < 1.29 is 0 Å². The van der Waals surface area contributed by atoms with E-state index < -0.39 is 0 Å². The standard InChI is InChI=1S/C15H28N2/c1-14(2,3)10-17-9-13(15(11-17)6-7-15)16-8-12-4-5-12/h12-13,16H,4-11H2,1-3H3/t13-/m0/s1. The number of hydrogen-bond donors (Lipinski definition) is 1. The maximum absolute atomic E-state index is 3.87. The molecule has 1 atom stereocenters. The van der Waals surface area contributed by atoms with Gasteiger partial charge in [0, 0.05) is 25.7 Å². The first-order valence-corrected chi connectivity index (χ1v) is 7.43. The molecule has 0 unspecified atom stereocenters. The Kier molecular flexibility index (Phi) is 2.79. The lowest BCUT2D eigenvalue weighted by Crippen LogP contribution is -2.39. The van der Waals surface area contributed by atoms with Gasteiger partial charge in [0.1, 0.15) is 0 Å². The summed E-state index contributed by atoms with van der Waals surface area (Å²) in [4.78, 5) is 2.71. The maximum Gasteiger partial charge on any atom is 0.0263 e. The third-order valence-electron chi connectivity index (χ3n) is 4.66. The average Bonchev–Trinajstić information content (AvgIpc) is 3.04. The van der Waals surface area contributed by atoms with Gasteiger partial charge in [-0.1, -0.05) is 20.8 Å². The molecule has 3 aliphatic rings. The van der Waals surface area contributed by atoms with Gasteiger partial charge in [0.15, 0.2) is 0 Å². The van der Waals surface area contributed by atoms with Crippen LogP contribution in [0.1, 0.15) is 46.5 Å². The summed E-state index contributed by atoms with van der Waals surface area (Å²) in [7, 11) is 0. The van der Waals surface area contributed by atoms with Crippen molar-refractivity contribution in [2.24, 2.45) is 16.7 Å². The Hall–Kier alpha value is -0.0800. The molecule has 1 aliphatic heterocycles. The van der Waals surface area contributed by atoms with E-state index in [1.54, 1.807) is 0 Å². The first-order chi connectivity index (χ1) is 7.97. The van der Waals surface area contributed by atoms with Crippen molar-refractivity contribution in [2.45, 2.75) is 52.5 Å². The minimum atomic E-state index is 0.446. The summed E-state index contributed by atoms with van der Waals surface area (Å²) in [6.07, 6.45) is 5.88. The smallest absolute Gasteiger partial charge is 0.0263 e. The second kappa shape index (κ2) is 3.96. The van der Waals surface area contributed by atoms with Gasteiger partial charge in [0.2, 0.25) is 0 Å². The lowest BCUT2D eigenvalue weighted by Gasteiger charge is -2.26. The molecule has 1 saturated heterocycles. The van der Waals surface area contributed by atoms with Crippen LogP contribution in [0.4, 0.5) is 0 Å². The Labute approximate surface area is 106 Å². The van der Waals surface area contributed by atoms with E-state index in [0.29, 0.717) is 10.8 Å². The summed E-state index contributed by atoms with van der Waals surface area (Å²) >= 11 is 0. The van der Waals surface area contributed by atoms with Crippen molar-refractivity contribution in [1.82, 2.24) is 10.2 Å². The highest BCUT2D eigenvalue weighted by Crippen LogP contribution is 2.53. The van der Waals surface area contributed by atoms with E-state index in [1.807, 2.05) is 0 Å². The Morgan fingerprint density at radius 3 is 2.47 bits per heavy atom. The molecule has 0 radical (unpaired) electrons. The monoisotopic (exact) mass is 236 g/mol. The van der Waals surface area contributed by atoms with Crippen LogP contribution in [0.25, 0.3) is 0 Å². The van der Waals surface area contributed by atoms with Crippen molar-refractivity contribution in [3.8, 4) is 0 Å². The van der Waals surface area contributed by atoms with E-state index in [4.69, 9.17) is 0 Å². The second-order valence-electron chi connectivity index (χ2n) is 8.00. The SMILES string of the molecule is CC(C)(C)CN1C[C@H](NCC2CC2)C2(CC2)C1. The predicted octanol–water partition coefficient (Wildman–Crippen LogP) is 2.50. The zero-order valence-corrected chi connectivity index (χ0v) is 11.8. The van der Waals surface area contributed by atoms with Crippen LogP contribution in [-0.2, 0) is 0 Å². The van der Waals surface area contributed by atoms with Gasteiger partial charge in [0.25, 0.3) is 0 Å². The van der Waals surface area contributed by atoms with Gasteiger partial charge in [0.05, 0.1) is 0 Å². The van der Waals surface area contributed by atoms with Crippen molar-refractivity contribution in [3.63, 3.8) is 0 Å². The van der Waals surface area contributed by atoms with E-state index in [-0.39, 0.29) is 0 Å². The fraction of sp³-hybridized carbons (Fsp3) is 1.00. The minimum Gasteiger partial charge on any atom is -0.312 e. The summed E-state index contributed by atoms with van der Waals surface area (Å²) in [5.74, 6) is 1.02. The van der Waals surface area contributed by atoms with Crippen molar-refractivity contribution in [1.29, 1.82) is 0 Å². The topological polar surface area (TPSA) is 15.3 Å². The molecule has 0 aromatic carbocycles. The predicted molar refractivity (Wildman–Crippen MR) is 72.1 cm³/mol. The maximum atomic E-state index is 3.87. The molecule has 1 heterocycles. The van der Waals surface area contributed by atoms with Crippen LogP contribution >= 0.6 is 0 Å². The molecule has 1 spiro atoms. The Morgan fingerprint density at radius 2 is 1.94 bits per heavy atom. The Bertz CT molecular complexity index is 284. The molecule has 2 nitrogen and oxygen atoms in total. The summed E-state index contributed by atoms with van der Waals surface area (Å²) in [5, 5.41) is 3.87. The van der Waals surface area contributed by atoms with Crippen LogP contribution in [0.2, 0.25) is 0 Å². The van der Waals surface area contributed by atoms with E-state index in [2.05, 4.69) is 31.0 Å². The number of rotatable bonds is 4. The summed E-state index contributed by atoms with van der Waals surface area (Å²) in [5.41, 5.74) is 1.13. The summed E-state index contributed by atoms with van der Waals surface area (Å²) in [6, 6.07) is 0.797. The lowest BCUT2D eigenvalue weighted by atomic mass is 9.96. The molecule has 17 heavy (non-hydrogen) atoms. The number of hydrogen-bond acceptors (Lipinski definition) is 2. The van der Waals surface area contributed by atoms with Crippen molar-refractivity contribution in [2.75, 3.05) is 26.2 Å². The first kappa shape index (κ1) is 12.0. The second-order valence-corrected chi connectivity index (χ2v) is 8.00. The van der Waals surface area contributed by atoms with Crippen molar-refractivity contribution in [3.05, 3.63) is 0 Å². The number of nitrogens with zero attached hydrogens (tertiary/aromatic N) is 1. The fourth-order valence-electron chi connectivity index (χ4n) is 3.44. The van der Waals surface area contributed by atoms with Crippen LogP contribution in [0.3, 0.4) is 0 Å². The minimum absolute atomic E-state index is 0.446. The Morgan fingerprint density at radius 1 is 1.24 bits per heavy atom. The number of nitrogens with one attached hydrogen (secondary N) is 1. The van der Waals surface area contributed by atoms with Crippen LogP contribution in [0.15, 0.2) is 0 Å². The molecular weight excluding hydrogens is 208 g/mol. The molecule has 3 fully saturated rings. The van der Waals surface area contributed by atoms with Gasteiger partial charge in [-0.05, 0) is 49.0 Å². The lowest BCUT2D eigenvalue weighted by molar-refractivity contribution is 0.217. The summed E-state index contributed by atoms with van der Waals surface area (Å²) in [6.45, 7) is 12.3. The third kappa shape index (κ3) is 2.85. The molecule has 2 aliphatic carbocycles. The van der Waals surface area contributed by atoms with E-state index in [0.717, 1.165) is 12.0 Å². The quantitative estimate of drug-likeness (QED) is 0.807. The largest absolute Gasteiger partial charge is 0.312 e. The molecule has 0 aromatic heterocycles. The molecule has 2 saturated carbocycles. The van der Waals surface area contributed by atoms with Gasteiger partial charge < -0.3 is 10.2 Å². The Balaban J connectivity index is 1.53. The van der Waals surface area contributed by atoms with Crippen LogP contribution in [-0.4, -0.2) is 37.1 Å². The molecular formula is C15H28N2. The normalized spacial score (nSPS) is 32.3. The van der Waals surface area contributed by atoms with Gasteiger partial charge in [-0.2, -0.15) is 0 Å². The van der Waals surface area contributed by atoms with Crippen LogP contribution in [0.5, 0.6) is 0 Å². The van der Waals surface area contributed by atoms with Gasteiger partial charge >= 0.3 is 0 Å².